The topological polar surface area (TPSA) is 52.3 Å². The van der Waals surface area contributed by atoms with Crippen LogP contribution in [0, 0.1) is 5.82 Å². The van der Waals surface area contributed by atoms with Gasteiger partial charge in [-0.05, 0) is 35.2 Å². The van der Waals surface area contributed by atoms with Crippen LogP contribution in [-0.2, 0) is 16.0 Å². The van der Waals surface area contributed by atoms with Crippen LogP contribution < -0.4 is 5.73 Å². The maximum absolute atomic E-state index is 13.1. The lowest BCUT2D eigenvalue weighted by Gasteiger charge is -2.10. The third kappa shape index (κ3) is 3.80. The molecule has 0 bridgehead atoms. The summed E-state index contributed by atoms with van der Waals surface area (Å²) in [5, 5.41) is 0.0873. The summed E-state index contributed by atoms with van der Waals surface area (Å²) in [7, 11) is 1.31. The van der Waals surface area contributed by atoms with Crippen LogP contribution in [0.1, 0.15) is 5.56 Å². The third-order valence-electron chi connectivity index (χ3n) is 3.17. The lowest BCUT2D eigenvalue weighted by atomic mass is 10.0. The van der Waals surface area contributed by atoms with Gasteiger partial charge in [-0.15, -0.1) is 0 Å². The van der Waals surface area contributed by atoms with E-state index in [1.54, 1.807) is 12.1 Å². The number of halogens is 2. The van der Waals surface area contributed by atoms with Crippen molar-refractivity contribution in [1.82, 2.24) is 0 Å². The number of rotatable bonds is 4. The van der Waals surface area contributed by atoms with Crippen molar-refractivity contribution >= 4 is 17.6 Å². The minimum Gasteiger partial charge on any atom is -0.468 e. The number of hydrogen-bond donors (Lipinski definition) is 1. The normalized spacial score (nSPS) is 12.0. The molecule has 0 heterocycles. The Morgan fingerprint density at radius 1 is 1.24 bits per heavy atom. The van der Waals surface area contributed by atoms with Gasteiger partial charge in [0.2, 0.25) is 0 Å². The Bertz CT molecular complexity index is 643. The van der Waals surface area contributed by atoms with Crippen LogP contribution in [0.15, 0.2) is 42.5 Å². The van der Waals surface area contributed by atoms with Gasteiger partial charge in [-0.25, -0.2) is 4.39 Å². The zero-order chi connectivity index (χ0) is 15.4. The summed E-state index contributed by atoms with van der Waals surface area (Å²) < 4.78 is 17.7. The molecule has 5 heteroatoms. The van der Waals surface area contributed by atoms with Crippen molar-refractivity contribution in [2.45, 2.75) is 12.5 Å². The molecule has 2 N–H and O–H groups in total. The van der Waals surface area contributed by atoms with Gasteiger partial charge in [0.15, 0.2) is 0 Å². The Morgan fingerprint density at radius 3 is 2.43 bits per heavy atom. The molecule has 0 saturated carbocycles. The number of benzene rings is 2. The van der Waals surface area contributed by atoms with Gasteiger partial charge < -0.3 is 10.5 Å². The van der Waals surface area contributed by atoms with Crippen LogP contribution in [-0.4, -0.2) is 19.1 Å². The molecular formula is C16H15ClFNO2. The first kappa shape index (κ1) is 15.5. The summed E-state index contributed by atoms with van der Waals surface area (Å²) in [6, 6.07) is 11.4. The number of nitrogens with two attached hydrogens (primary N) is 1. The van der Waals surface area contributed by atoms with E-state index in [1.807, 2.05) is 24.3 Å². The Hall–Kier alpha value is -1.91. The van der Waals surface area contributed by atoms with E-state index < -0.39 is 17.8 Å². The van der Waals surface area contributed by atoms with Gasteiger partial charge in [0.05, 0.1) is 12.1 Å². The van der Waals surface area contributed by atoms with Crippen LogP contribution in [0.3, 0.4) is 0 Å². The van der Waals surface area contributed by atoms with E-state index in [0.29, 0.717) is 6.42 Å². The van der Waals surface area contributed by atoms with Crippen LogP contribution in [0.4, 0.5) is 4.39 Å². The molecule has 1 atom stereocenters. The summed E-state index contributed by atoms with van der Waals surface area (Å²) >= 11 is 5.77. The van der Waals surface area contributed by atoms with E-state index in [4.69, 9.17) is 17.3 Å². The lowest BCUT2D eigenvalue weighted by Crippen LogP contribution is -2.33. The van der Waals surface area contributed by atoms with Gasteiger partial charge in [-0.3, -0.25) is 4.79 Å². The van der Waals surface area contributed by atoms with E-state index in [2.05, 4.69) is 4.74 Å². The number of hydrogen-bond acceptors (Lipinski definition) is 3. The van der Waals surface area contributed by atoms with Gasteiger partial charge in [0, 0.05) is 0 Å². The maximum Gasteiger partial charge on any atom is 0.322 e. The van der Waals surface area contributed by atoms with Crippen LogP contribution in [0.2, 0.25) is 5.02 Å². The highest BCUT2D eigenvalue weighted by Crippen LogP contribution is 2.25. The molecule has 0 aliphatic rings. The first-order chi connectivity index (χ1) is 10.0. The summed E-state index contributed by atoms with van der Waals surface area (Å²) in [5.74, 6) is -0.884. The van der Waals surface area contributed by atoms with E-state index in [-0.39, 0.29) is 5.02 Å². The highest BCUT2D eigenvalue weighted by Gasteiger charge is 2.14. The molecule has 3 nitrogen and oxygen atoms in total. The molecule has 0 saturated heterocycles. The molecule has 110 valence electrons. The van der Waals surface area contributed by atoms with Crippen LogP contribution in [0.25, 0.3) is 11.1 Å². The second kappa shape index (κ2) is 6.70. The van der Waals surface area contributed by atoms with Crippen molar-refractivity contribution in [2.24, 2.45) is 5.73 Å². The summed E-state index contributed by atoms with van der Waals surface area (Å²) in [5.41, 5.74) is 8.37. The standard InChI is InChI=1S/C16H15ClFNO2/c1-21-16(20)15(19)8-10-2-4-11(5-3-10)12-6-7-14(18)13(17)9-12/h2-7,9,15H,8,19H2,1H3. The Morgan fingerprint density at radius 2 is 1.86 bits per heavy atom. The highest BCUT2D eigenvalue weighted by molar-refractivity contribution is 6.31. The molecule has 0 aromatic heterocycles. The smallest absolute Gasteiger partial charge is 0.322 e. The van der Waals surface area contributed by atoms with E-state index in [1.165, 1.54) is 13.2 Å². The van der Waals surface area contributed by atoms with Crippen molar-refractivity contribution in [3.8, 4) is 11.1 Å². The van der Waals surface area contributed by atoms with Gasteiger partial charge in [0.1, 0.15) is 11.9 Å². The van der Waals surface area contributed by atoms with Crippen molar-refractivity contribution in [1.29, 1.82) is 0 Å². The fourth-order valence-electron chi connectivity index (χ4n) is 2.00. The number of esters is 1. The summed E-state index contributed by atoms with van der Waals surface area (Å²) in [6.07, 6.45) is 0.400. The average Bonchev–Trinajstić information content (AvgIpc) is 2.50. The lowest BCUT2D eigenvalue weighted by molar-refractivity contribution is -0.142. The van der Waals surface area contributed by atoms with Crippen LogP contribution >= 0.6 is 11.6 Å². The van der Waals surface area contributed by atoms with Crippen molar-refractivity contribution in [2.75, 3.05) is 7.11 Å². The zero-order valence-electron chi connectivity index (χ0n) is 11.5. The van der Waals surface area contributed by atoms with Crippen molar-refractivity contribution in [3.05, 3.63) is 58.9 Å². The van der Waals surface area contributed by atoms with Gasteiger partial charge >= 0.3 is 5.97 Å². The molecular weight excluding hydrogens is 293 g/mol. The minimum atomic E-state index is -0.680. The Kier molecular flexibility index (Phi) is 4.94. The molecule has 21 heavy (non-hydrogen) atoms. The molecule has 0 aliphatic heterocycles. The Balaban J connectivity index is 2.15. The molecule has 0 spiro atoms. The number of methoxy groups -OCH3 is 1. The molecule has 0 fully saturated rings. The summed E-state index contributed by atoms with van der Waals surface area (Å²) in [6.45, 7) is 0. The van der Waals surface area contributed by atoms with Gasteiger partial charge in [-0.1, -0.05) is 41.9 Å². The van der Waals surface area contributed by atoms with Crippen LogP contribution in [0.5, 0.6) is 0 Å². The average molecular weight is 308 g/mol. The van der Waals surface area contributed by atoms with Crippen molar-refractivity contribution in [3.63, 3.8) is 0 Å². The molecule has 2 rings (SSSR count). The maximum atomic E-state index is 13.1. The van der Waals surface area contributed by atoms with E-state index in [9.17, 15) is 9.18 Å². The largest absolute Gasteiger partial charge is 0.468 e. The molecule has 0 amide bonds. The predicted octanol–water partition coefficient (Wildman–Crippen LogP) is 3.19. The number of carbonyl (C=O) groups excluding carboxylic acids is 1. The highest BCUT2D eigenvalue weighted by atomic mass is 35.5. The monoisotopic (exact) mass is 307 g/mol. The molecule has 0 radical (unpaired) electrons. The molecule has 1 unspecified atom stereocenters. The predicted molar refractivity (Wildman–Crippen MR) is 80.5 cm³/mol. The fourth-order valence-corrected chi connectivity index (χ4v) is 2.18. The minimum absolute atomic E-state index is 0.0873. The second-order valence-electron chi connectivity index (χ2n) is 4.66. The van der Waals surface area contributed by atoms with E-state index in [0.717, 1.165) is 16.7 Å². The second-order valence-corrected chi connectivity index (χ2v) is 5.07. The van der Waals surface area contributed by atoms with Gasteiger partial charge in [0.25, 0.3) is 0 Å². The number of ether oxygens (including phenoxy) is 1. The van der Waals surface area contributed by atoms with Crippen molar-refractivity contribution < 1.29 is 13.9 Å². The van der Waals surface area contributed by atoms with E-state index >= 15 is 0 Å². The summed E-state index contributed by atoms with van der Waals surface area (Å²) in [4.78, 5) is 11.3. The molecule has 2 aromatic carbocycles. The SMILES string of the molecule is COC(=O)C(N)Cc1ccc(-c2ccc(F)c(Cl)c2)cc1. The first-order valence-electron chi connectivity index (χ1n) is 6.39. The molecule has 0 aliphatic carbocycles. The Labute approximate surface area is 127 Å². The quantitative estimate of drug-likeness (QED) is 0.883. The fraction of sp³-hybridized carbons (Fsp3) is 0.188. The third-order valence-corrected chi connectivity index (χ3v) is 3.46. The van der Waals surface area contributed by atoms with Gasteiger partial charge in [-0.2, -0.15) is 0 Å². The zero-order valence-corrected chi connectivity index (χ0v) is 12.2. The molecule has 2 aromatic rings. The number of carbonyl (C=O) groups is 1. The first-order valence-corrected chi connectivity index (χ1v) is 6.77.